The standard InChI is InChI=1S/C51H78N2O10/c1-13-45(9)29-50(37(7)47(11,15-3)52(45)62-35(5)39-17-21-41(22-18-39)54-25-43-27-56-43)58-31-49(32-59-50)33-60-51(61-34-49)30-46(10,14-2)53(48(12,16-4)38(51)8)63-36(6)40-19-23-42(24-20-40)55-26-44-28-57-44/h17-24,35-38,43-44H,13-16,25-34H2,1-12H3. The molecule has 0 saturated carbocycles. The van der Waals surface area contributed by atoms with Crippen molar-refractivity contribution >= 4 is 0 Å². The molecule has 6 saturated heterocycles. The van der Waals surface area contributed by atoms with Gasteiger partial charge in [0, 0.05) is 35.8 Å². The second kappa shape index (κ2) is 17.7. The average Bonchev–Trinajstić information content (AvgIpc) is 4.26. The molecule has 352 valence electrons. The molecule has 0 amide bonds. The third-order valence-electron chi connectivity index (χ3n) is 16.7. The number of epoxide rings is 2. The van der Waals surface area contributed by atoms with Crippen LogP contribution in [-0.4, -0.2) is 109 Å². The van der Waals surface area contributed by atoms with E-state index in [-0.39, 0.29) is 58.4 Å². The van der Waals surface area contributed by atoms with Crippen LogP contribution in [-0.2, 0) is 38.1 Å². The van der Waals surface area contributed by atoms with Gasteiger partial charge in [-0.25, -0.2) is 0 Å². The summed E-state index contributed by atoms with van der Waals surface area (Å²) in [5, 5.41) is 4.60. The molecule has 6 fully saturated rings. The van der Waals surface area contributed by atoms with E-state index in [0.29, 0.717) is 52.5 Å². The molecule has 3 spiro atoms. The topological polar surface area (TPSA) is 105 Å². The fourth-order valence-electron chi connectivity index (χ4n) is 10.9. The highest BCUT2D eigenvalue weighted by Gasteiger charge is 2.67. The van der Waals surface area contributed by atoms with Crippen LogP contribution in [0.25, 0.3) is 0 Å². The minimum Gasteiger partial charge on any atom is -0.491 e. The van der Waals surface area contributed by atoms with Crippen molar-refractivity contribution in [1.82, 2.24) is 10.1 Å². The zero-order valence-electron chi connectivity index (χ0n) is 40.5. The number of nitrogens with zero attached hydrogens (tertiary/aromatic N) is 2. The van der Waals surface area contributed by atoms with Gasteiger partial charge in [-0.2, -0.15) is 10.1 Å². The molecule has 6 heterocycles. The number of hydrogen-bond donors (Lipinski definition) is 0. The van der Waals surface area contributed by atoms with Crippen LogP contribution in [0.5, 0.6) is 11.5 Å². The van der Waals surface area contributed by atoms with Gasteiger partial charge in [0.2, 0.25) is 0 Å². The summed E-state index contributed by atoms with van der Waals surface area (Å²) in [7, 11) is 0. The van der Waals surface area contributed by atoms with E-state index in [9.17, 15) is 0 Å². The minimum atomic E-state index is -0.781. The smallest absolute Gasteiger partial charge is 0.174 e. The molecule has 2 aromatic carbocycles. The third-order valence-corrected chi connectivity index (χ3v) is 16.7. The van der Waals surface area contributed by atoms with E-state index in [0.717, 1.165) is 61.5 Å². The Morgan fingerprint density at radius 3 is 1.17 bits per heavy atom. The molecule has 2 aromatic rings. The lowest BCUT2D eigenvalue weighted by molar-refractivity contribution is -0.447. The van der Waals surface area contributed by atoms with Gasteiger partial charge in [-0.3, -0.25) is 9.68 Å². The van der Waals surface area contributed by atoms with Crippen molar-refractivity contribution < 1.29 is 47.6 Å². The van der Waals surface area contributed by atoms with Crippen LogP contribution < -0.4 is 9.47 Å². The van der Waals surface area contributed by atoms with Gasteiger partial charge in [0.1, 0.15) is 49.1 Å². The second-order valence-electron chi connectivity index (χ2n) is 21.0. The van der Waals surface area contributed by atoms with Crippen LogP contribution in [0.4, 0.5) is 0 Å². The lowest BCUT2D eigenvalue weighted by Gasteiger charge is -2.66. The maximum absolute atomic E-state index is 7.14. The molecule has 0 bridgehead atoms. The molecular weight excluding hydrogens is 801 g/mol. The average molecular weight is 879 g/mol. The van der Waals surface area contributed by atoms with Gasteiger partial charge < -0.3 is 37.9 Å². The van der Waals surface area contributed by atoms with E-state index >= 15 is 0 Å². The van der Waals surface area contributed by atoms with Crippen molar-refractivity contribution in [2.45, 2.75) is 180 Å². The van der Waals surface area contributed by atoms with Crippen molar-refractivity contribution in [1.29, 1.82) is 0 Å². The van der Waals surface area contributed by atoms with Gasteiger partial charge >= 0.3 is 0 Å². The monoisotopic (exact) mass is 879 g/mol. The summed E-state index contributed by atoms with van der Waals surface area (Å²) in [5.41, 5.74) is 0.332. The summed E-state index contributed by atoms with van der Waals surface area (Å²) < 4.78 is 51.0. The van der Waals surface area contributed by atoms with Crippen molar-refractivity contribution in [3.8, 4) is 11.5 Å². The summed E-state index contributed by atoms with van der Waals surface area (Å²) in [4.78, 5) is 14.1. The molecule has 10 atom stereocenters. The van der Waals surface area contributed by atoms with Crippen molar-refractivity contribution in [3.05, 3.63) is 59.7 Å². The maximum Gasteiger partial charge on any atom is 0.174 e. The number of rotatable bonds is 16. The van der Waals surface area contributed by atoms with Gasteiger partial charge in [0.15, 0.2) is 11.6 Å². The van der Waals surface area contributed by atoms with Crippen molar-refractivity contribution in [2.75, 3.05) is 52.9 Å². The van der Waals surface area contributed by atoms with Crippen molar-refractivity contribution in [3.63, 3.8) is 0 Å². The fraction of sp³-hybridized carbons (Fsp3) is 0.765. The van der Waals surface area contributed by atoms with E-state index < -0.39 is 17.0 Å². The highest BCUT2D eigenvalue weighted by Crippen LogP contribution is 2.58. The van der Waals surface area contributed by atoms with Crippen molar-refractivity contribution in [2.24, 2.45) is 17.3 Å². The third kappa shape index (κ3) is 8.85. The summed E-state index contributed by atoms with van der Waals surface area (Å²) in [5.74, 6) is 0.143. The molecule has 10 unspecified atom stereocenters. The first kappa shape index (κ1) is 47.1. The summed E-state index contributed by atoms with van der Waals surface area (Å²) in [6, 6.07) is 16.5. The summed E-state index contributed by atoms with van der Waals surface area (Å²) >= 11 is 0. The predicted octanol–water partition coefficient (Wildman–Crippen LogP) is 9.76. The van der Waals surface area contributed by atoms with Crippen LogP contribution in [0, 0.1) is 17.3 Å². The van der Waals surface area contributed by atoms with E-state index in [1.165, 1.54) is 0 Å². The molecular formula is C51H78N2O10. The zero-order valence-corrected chi connectivity index (χ0v) is 40.5. The molecule has 6 aliphatic heterocycles. The Bertz CT molecular complexity index is 1700. The normalized spacial score (nSPS) is 41.5. The fourth-order valence-corrected chi connectivity index (χ4v) is 10.9. The molecule has 0 aliphatic carbocycles. The van der Waals surface area contributed by atoms with Gasteiger partial charge in [-0.05, 0) is 103 Å². The van der Waals surface area contributed by atoms with Gasteiger partial charge in [-0.1, -0.05) is 65.8 Å². The molecule has 63 heavy (non-hydrogen) atoms. The Morgan fingerprint density at radius 1 is 0.556 bits per heavy atom. The van der Waals surface area contributed by atoms with E-state index in [1.54, 1.807) is 0 Å². The quantitative estimate of drug-likeness (QED) is 0.150. The summed E-state index contributed by atoms with van der Waals surface area (Å²) in [6.07, 6.45) is 4.95. The SMILES string of the molecule is CCC1(C)CC2(OCC3(CO2)COC2(CC(C)(CC)N(OC(C)c4ccc(OCC5CO5)cc4)C(C)(CC)C2C)OC3)C(C)C(C)(CC)N1OC(C)c1ccc(OCC2CO2)cc1. The first-order valence-corrected chi connectivity index (χ1v) is 24.1. The van der Waals surface area contributed by atoms with Gasteiger partial charge in [-0.15, -0.1) is 0 Å². The van der Waals surface area contributed by atoms with Gasteiger partial charge in [0.05, 0.1) is 56.1 Å². The lowest BCUT2D eigenvalue weighted by Crippen LogP contribution is -2.76. The van der Waals surface area contributed by atoms with Crippen LogP contribution in [0.2, 0.25) is 0 Å². The molecule has 8 rings (SSSR count). The summed E-state index contributed by atoms with van der Waals surface area (Å²) in [6.45, 7) is 31.8. The number of hydrogen-bond acceptors (Lipinski definition) is 12. The van der Waals surface area contributed by atoms with Crippen LogP contribution in [0.3, 0.4) is 0 Å². The molecule has 12 heteroatoms. The Morgan fingerprint density at radius 2 is 0.889 bits per heavy atom. The molecule has 0 aromatic heterocycles. The molecule has 6 aliphatic rings. The largest absolute Gasteiger partial charge is 0.491 e. The molecule has 0 N–H and O–H groups in total. The number of benzene rings is 2. The first-order valence-electron chi connectivity index (χ1n) is 24.1. The van der Waals surface area contributed by atoms with Crippen LogP contribution in [0.1, 0.15) is 145 Å². The maximum atomic E-state index is 7.14. The highest BCUT2D eigenvalue weighted by atomic mass is 16.7. The predicted molar refractivity (Wildman–Crippen MR) is 240 cm³/mol. The van der Waals surface area contributed by atoms with Crippen LogP contribution in [0.15, 0.2) is 48.5 Å². The van der Waals surface area contributed by atoms with Crippen LogP contribution >= 0.6 is 0 Å². The minimum absolute atomic E-state index is 0.00678. The lowest BCUT2D eigenvalue weighted by atomic mass is 9.66. The molecule has 12 nitrogen and oxygen atoms in total. The van der Waals surface area contributed by atoms with E-state index in [4.69, 9.17) is 47.6 Å². The molecule has 0 radical (unpaired) electrons. The number of ether oxygens (including phenoxy) is 8. The second-order valence-corrected chi connectivity index (χ2v) is 21.0. The van der Waals surface area contributed by atoms with E-state index in [2.05, 4.69) is 117 Å². The number of hydroxylamine groups is 4. The Hall–Kier alpha value is -2.36. The zero-order chi connectivity index (χ0) is 45.1. The highest BCUT2D eigenvalue weighted by molar-refractivity contribution is 5.29. The Balaban J connectivity index is 0.928. The Kier molecular flexibility index (Phi) is 13.2. The van der Waals surface area contributed by atoms with E-state index in [1.807, 2.05) is 24.3 Å². The Labute approximate surface area is 377 Å². The number of piperidine rings is 2. The van der Waals surface area contributed by atoms with Gasteiger partial charge in [0.25, 0.3) is 0 Å². The first-order chi connectivity index (χ1) is 29.9.